The van der Waals surface area contributed by atoms with Crippen molar-refractivity contribution in [1.82, 2.24) is 28.2 Å². The Labute approximate surface area is 217 Å². The molecule has 7 rings (SSSR count). The zero-order chi connectivity index (χ0) is 20.1. The number of hydrogen-bond acceptors (Lipinski definition) is 3. The monoisotopic (exact) mass is 960 g/mol. The van der Waals surface area contributed by atoms with Crippen molar-refractivity contribution in [2.75, 3.05) is 0 Å². The third-order valence-electron chi connectivity index (χ3n) is 5.58. The Morgan fingerprint density at radius 3 is 1.07 bits per heavy atom. The maximum atomic E-state index is 5.06. The van der Waals surface area contributed by atoms with Crippen molar-refractivity contribution in [2.45, 2.75) is 0 Å². The summed E-state index contributed by atoms with van der Waals surface area (Å²) < 4.78 is 10.7. The summed E-state index contributed by atoms with van der Waals surface area (Å²) in [5.74, 6) is 2.62. The van der Waals surface area contributed by atoms with E-state index in [9.17, 15) is 0 Å². The SMILES string of the molecule is [Tl][c]1ccc2c(c1)nc1n2c2nc3c[c]([Tl])ccc3n2c2nc3c[c]([Tl])ccc3n12. The summed E-state index contributed by atoms with van der Waals surface area (Å²) in [6.45, 7) is 0. The standard InChI is InChI=1S/C21H9N6.3Tl/c1-4-10-16-13(7-1)22-19-25(16)20-23-15-9-3-6-12-18(15)27(20)21-24-14-8-2-5-11-17(14)26(19)21;;;/h4-12H;;;. The third-order valence-corrected chi connectivity index (χ3v) is 9.77. The molecular formula is C21H9N6Tl3. The van der Waals surface area contributed by atoms with Gasteiger partial charge in [0, 0.05) is 0 Å². The molecule has 0 bridgehead atoms. The molecule has 4 aromatic heterocycles. The van der Waals surface area contributed by atoms with Crippen LogP contribution in [0.25, 0.3) is 50.4 Å². The molecule has 0 saturated carbocycles. The molecule has 0 fully saturated rings. The molecular weight excluding hydrogens is 949 g/mol. The van der Waals surface area contributed by atoms with Crippen molar-refractivity contribution in [2.24, 2.45) is 0 Å². The van der Waals surface area contributed by atoms with Crippen LogP contribution in [-0.4, -0.2) is 105 Å². The molecule has 0 unspecified atom stereocenters. The summed E-state index contributed by atoms with van der Waals surface area (Å²) in [5, 5.41) is 0. The average Bonchev–Trinajstić information content (AvgIpc) is 3.36. The van der Waals surface area contributed by atoms with E-state index in [-0.39, 0.29) is 0 Å². The number of hydrogen-bond donors (Lipinski definition) is 0. The molecule has 0 N–H and O–H groups in total. The van der Waals surface area contributed by atoms with Crippen LogP contribution in [-0.2, 0) is 0 Å². The fourth-order valence-electron chi connectivity index (χ4n) is 4.30. The van der Waals surface area contributed by atoms with Crippen molar-refractivity contribution in [3.63, 3.8) is 0 Å². The predicted molar refractivity (Wildman–Crippen MR) is 121 cm³/mol. The van der Waals surface area contributed by atoms with E-state index in [1.807, 2.05) is 0 Å². The Kier molecular flexibility index (Phi) is 3.95. The molecule has 0 aliphatic rings. The average molecular weight is 958 g/mol. The maximum absolute atomic E-state index is 5.06. The summed E-state index contributed by atoms with van der Waals surface area (Å²) in [7, 11) is 0. The van der Waals surface area contributed by atoms with E-state index in [4.69, 9.17) is 15.0 Å². The molecule has 3 aromatic carbocycles. The second-order valence-electron chi connectivity index (χ2n) is 7.49. The van der Waals surface area contributed by atoms with Gasteiger partial charge in [-0.15, -0.1) is 0 Å². The van der Waals surface area contributed by atoms with Gasteiger partial charge in [-0.1, -0.05) is 0 Å². The molecule has 6 nitrogen and oxygen atoms in total. The van der Waals surface area contributed by atoms with Gasteiger partial charge in [-0.25, -0.2) is 0 Å². The van der Waals surface area contributed by atoms with Crippen LogP contribution in [0.15, 0.2) is 54.6 Å². The summed E-state index contributed by atoms with van der Waals surface area (Å²) in [6, 6.07) is 19.8. The molecule has 30 heavy (non-hydrogen) atoms. The fourth-order valence-corrected chi connectivity index (χ4v) is 7.26. The van der Waals surface area contributed by atoms with E-state index in [1.165, 1.54) is 9.37 Å². The van der Waals surface area contributed by atoms with Crippen molar-refractivity contribution in [1.29, 1.82) is 0 Å². The molecule has 0 aliphatic heterocycles. The van der Waals surface area contributed by atoms with Gasteiger partial charge in [0.1, 0.15) is 0 Å². The molecule has 4 heterocycles. The van der Waals surface area contributed by atoms with Crippen molar-refractivity contribution in [3.05, 3.63) is 54.6 Å². The first-order valence-electron chi connectivity index (χ1n) is 9.43. The van der Waals surface area contributed by atoms with E-state index in [0.29, 0.717) is 0 Å². The van der Waals surface area contributed by atoms with Crippen LogP contribution in [0.2, 0.25) is 0 Å². The topological polar surface area (TPSA) is 51.9 Å². The second-order valence-corrected chi connectivity index (χ2v) is 15.3. The zero-order valence-corrected chi connectivity index (χ0v) is 29.1. The summed E-state index contributed by atoms with van der Waals surface area (Å²) >= 11 is 2.36. The minimum absolute atomic E-state index is 0.785. The van der Waals surface area contributed by atoms with Crippen LogP contribution in [0.5, 0.6) is 0 Å². The van der Waals surface area contributed by atoms with Gasteiger partial charge in [-0.3, -0.25) is 0 Å². The van der Waals surface area contributed by atoms with E-state index in [0.717, 1.165) is 128 Å². The second kappa shape index (κ2) is 6.43. The van der Waals surface area contributed by atoms with Crippen LogP contribution in [0.4, 0.5) is 0 Å². The van der Waals surface area contributed by atoms with E-state index in [1.54, 1.807) is 0 Å². The van der Waals surface area contributed by atoms with Gasteiger partial charge in [-0.2, -0.15) is 0 Å². The van der Waals surface area contributed by atoms with Crippen LogP contribution in [0.1, 0.15) is 0 Å². The molecule has 0 spiro atoms. The number of benzene rings is 3. The Hall–Kier alpha value is -1.16. The zero-order valence-electron chi connectivity index (χ0n) is 15.6. The van der Waals surface area contributed by atoms with Gasteiger partial charge >= 0.3 is 220 Å². The molecule has 0 amide bonds. The molecule has 9 heteroatoms. The number of imidazole rings is 3. The number of nitrogens with zero attached hydrogens (tertiary/aromatic N) is 6. The fraction of sp³-hybridized carbons (Fsp3) is 0. The van der Waals surface area contributed by atoms with Gasteiger partial charge in [0.05, 0.1) is 0 Å². The van der Waals surface area contributed by atoms with E-state index >= 15 is 0 Å². The van der Waals surface area contributed by atoms with Gasteiger partial charge in [0.15, 0.2) is 0 Å². The molecule has 0 aliphatic carbocycles. The van der Waals surface area contributed by atoms with Crippen LogP contribution in [0, 0.1) is 0 Å². The Morgan fingerprint density at radius 2 is 0.767 bits per heavy atom. The summed E-state index contributed by atoms with van der Waals surface area (Å²) in [5.41, 5.74) is 6.32. The van der Waals surface area contributed by atoms with Gasteiger partial charge in [0.25, 0.3) is 0 Å². The predicted octanol–water partition coefficient (Wildman–Crippen LogP) is 0.471. The third kappa shape index (κ3) is 2.43. The number of aromatic nitrogens is 6. The van der Waals surface area contributed by atoms with Gasteiger partial charge < -0.3 is 0 Å². The Bertz CT molecular complexity index is 1600. The van der Waals surface area contributed by atoms with E-state index in [2.05, 4.69) is 67.8 Å². The van der Waals surface area contributed by atoms with Crippen LogP contribution < -0.4 is 9.37 Å². The first-order chi connectivity index (χ1) is 14.6. The summed E-state index contributed by atoms with van der Waals surface area (Å²) in [4.78, 5) is 15.2. The molecule has 0 saturated heterocycles. The number of fused-ring (bicyclic) bond motifs is 12. The van der Waals surface area contributed by atoms with Crippen LogP contribution >= 0.6 is 0 Å². The summed E-state index contributed by atoms with van der Waals surface area (Å²) in [6.07, 6.45) is 0. The van der Waals surface area contributed by atoms with Crippen molar-refractivity contribution >= 4 is 137 Å². The first-order valence-corrected chi connectivity index (χ1v) is 16.2. The van der Waals surface area contributed by atoms with Gasteiger partial charge in [-0.05, 0) is 0 Å². The molecule has 0 atom stereocenters. The normalized spacial score (nSPS) is 12.3. The minimum atomic E-state index is 0.785. The van der Waals surface area contributed by atoms with Crippen LogP contribution in [0.3, 0.4) is 0 Å². The Morgan fingerprint density at radius 1 is 0.467 bits per heavy atom. The Balaban J connectivity index is 1.88. The van der Waals surface area contributed by atoms with Crippen molar-refractivity contribution < 1.29 is 0 Å². The first kappa shape index (κ1) is 18.4. The quantitative estimate of drug-likeness (QED) is 0.208. The van der Waals surface area contributed by atoms with Gasteiger partial charge in [0.2, 0.25) is 0 Å². The molecule has 132 valence electrons. The number of rotatable bonds is 0. The van der Waals surface area contributed by atoms with E-state index < -0.39 is 0 Å². The molecule has 0 radical (unpaired) electrons. The van der Waals surface area contributed by atoms with Crippen molar-refractivity contribution in [3.8, 4) is 0 Å². The molecule has 7 aromatic rings.